The summed E-state index contributed by atoms with van der Waals surface area (Å²) >= 11 is 6.18. The largest absolute Gasteiger partial charge is 0.312 e. The second-order valence-electron chi connectivity index (χ2n) is 5.68. The number of pyridine rings is 1. The summed E-state index contributed by atoms with van der Waals surface area (Å²) in [7, 11) is -3.03. The van der Waals surface area contributed by atoms with E-state index in [0.29, 0.717) is 30.6 Å². The minimum absolute atomic E-state index is 0.376. The fourth-order valence-corrected chi connectivity index (χ4v) is 3.85. The van der Waals surface area contributed by atoms with E-state index >= 15 is 0 Å². The van der Waals surface area contributed by atoms with E-state index < -0.39 is 10.0 Å². The van der Waals surface area contributed by atoms with Crippen LogP contribution in [0, 0.1) is 5.92 Å². The van der Waals surface area contributed by atoms with Crippen molar-refractivity contribution >= 4 is 32.5 Å². The van der Waals surface area contributed by atoms with Crippen LogP contribution in [-0.4, -0.2) is 43.6 Å². The normalized spacial score (nSPS) is 16.8. The third-order valence-electron chi connectivity index (χ3n) is 3.94. The Kier molecular flexibility index (Phi) is 4.36. The topological polar surface area (TPSA) is 62.3 Å². The first-order valence-electron chi connectivity index (χ1n) is 7.13. The third-order valence-corrected chi connectivity index (χ3v) is 5.51. The molecule has 2 aromatic rings. The quantitative estimate of drug-likeness (QED) is 0.903. The van der Waals surface area contributed by atoms with Gasteiger partial charge in [-0.2, -0.15) is 0 Å². The molecule has 2 heterocycles. The fraction of sp³-hybridized carbons (Fsp3) is 0.400. The Morgan fingerprint density at radius 2 is 2.14 bits per heavy atom. The summed E-state index contributed by atoms with van der Waals surface area (Å²) in [5.74, 6) is 0.376. The Bertz CT molecular complexity index is 788. The molecule has 1 N–H and O–H groups in total. The molecule has 0 amide bonds. The molecule has 0 aliphatic carbocycles. The standard InChI is InChI=1S/C15H18ClN3O2S/c1-22(20,21)19-9-11(10-19)7-17-8-12-4-5-14(16)13-3-2-6-18-15(12)13/h2-6,11,17H,7-10H2,1H3. The Balaban J connectivity index is 1.58. The van der Waals surface area contributed by atoms with Crippen molar-refractivity contribution in [3.05, 3.63) is 41.0 Å². The molecule has 0 saturated carbocycles. The van der Waals surface area contributed by atoms with Gasteiger partial charge in [-0.15, -0.1) is 0 Å². The zero-order chi connectivity index (χ0) is 15.7. The van der Waals surface area contributed by atoms with Gasteiger partial charge in [0.05, 0.1) is 11.8 Å². The molecule has 0 bridgehead atoms. The number of nitrogens with one attached hydrogen (secondary N) is 1. The van der Waals surface area contributed by atoms with Gasteiger partial charge < -0.3 is 5.32 Å². The lowest BCUT2D eigenvalue weighted by molar-refractivity contribution is 0.197. The van der Waals surface area contributed by atoms with Crippen LogP contribution in [0.4, 0.5) is 0 Å². The Morgan fingerprint density at radius 1 is 1.36 bits per heavy atom. The maximum Gasteiger partial charge on any atom is 0.211 e. The average molecular weight is 340 g/mol. The Morgan fingerprint density at radius 3 is 2.86 bits per heavy atom. The van der Waals surface area contributed by atoms with Crippen LogP contribution in [0.2, 0.25) is 5.02 Å². The van der Waals surface area contributed by atoms with E-state index in [2.05, 4.69) is 10.3 Å². The molecule has 1 fully saturated rings. The molecule has 1 saturated heterocycles. The predicted octanol–water partition coefficient (Wildman–Crippen LogP) is 1.87. The van der Waals surface area contributed by atoms with Crippen LogP contribution in [0.15, 0.2) is 30.5 Å². The molecule has 0 unspecified atom stereocenters. The van der Waals surface area contributed by atoms with Crippen LogP contribution in [0.1, 0.15) is 5.56 Å². The van der Waals surface area contributed by atoms with Gasteiger partial charge in [0.25, 0.3) is 0 Å². The molecule has 1 aliphatic rings. The van der Waals surface area contributed by atoms with Crippen molar-refractivity contribution in [1.29, 1.82) is 0 Å². The predicted molar refractivity (Wildman–Crippen MR) is 88.4 cm³/mol. The number of hydrogen-bond donors (Lipinski definition) is 1. The summed E-state index contributed by atoms with van der Waals surface area (Å²) in [4.78, 5) is 4.41. The Labute approximate surface area is 135 Å². The molecular weight excluding hydrogens is 322 g/mol. The zero-order valence-electron chi connectivity index (χ0n) is 12.3. The van der Waals surface area contributed by atoms with Crippen LogP contribution in [0.3, 0.4) is 0 Å². The van der Waals surface area contributed by atoms with Crippen molar-refractivity contribution in [2.24, 2.45) is 5.92 Å². The van der Waals surface area contributed by atoms with Crippen LogP contribution in [-0.2, 0) is 16.6 Å². The smallest absolute Gasteiger partial charge is 0.211 e. The third kappa shape index (κ3) is 3.25. The monoisotopic (exact) mass is 339 g/mol. The minimum atomic E-state index is -3.03. The highest BCUT2D eigenvalue weighted by molar-refractivity contribution is 7.88. The zero-order valence-corrected chi connectivity index (χ0v) is 13.9. The SMILES string of the molecule is CS(=O)(=O)N1CC(CNCc2ccc(Cl)c3cccnc23)C1. The van der Waals surface area contributed by atoms with E-state index in [0.717, 1.165) is 23.0 Å². The molecule has 118 valence electrons. The second kappa shape index (κ2) is 6.12. The van der Waals surface area contributed by atoms with Gasteiger partial charge in [-0.3, -0.25) is 4.98 Å². The van der Waals surface area contributed by atoms with E-state index in [1.54, 1.807) is 6.20 Å². The van der Waals surface area contributed by atoms with Gasteiger partial charge in [-0.25, -0.2) is 12.7 Å². The molecule has 1 aliphatic heterocycles. The maximum absolute atomic E-state index is 11.3. The van der Waals surface area contributed by atoms with Gasteiger partial charge in [0.1, 0.15) is 0 Å². The van der Waals surface area contributed by atoms with Gasteiger partial charge in [-0.05, 0) is 29.7 Å². The highest BCUT2D eigenvalue weighted by Gasteiger charge is 2.32. The summed E-state index contributed by atoms with van der Waals surface area (Å²) in [6.45, 7) is 2.69. The molecule has 0 atom stereocenters. The van der Waals surface area contributed by atoms with Crippen LogP contribution >= 0.6 is 11.6 Å². The number of rotatable bonds is 5. The number of halogens is 1. The number of hydrogen-bond acceptors (Lipinski definition) is 4. The molecule has 1 aromatic carbocycles. The maximum atomic E-state index is 11.3. The van der Waals surface area contributed by atoms with Gasteiger partial charge in [0.2, 0.25) is 10.0 Å². The first-order valence-corrected chi connectivity index (χ1v) is 9.36. The molecule has 0 spiro atoms. The summed E-state index contributed by atoms with van der Waals surface area (Å²) in [6.07, 6.45) is 3.01. The van der Waals surface area contributed by atoms with Crippen molar-refractivity contribution in [3.63, 3.8) is 0 Å². The van der Waals surface area contributed by atoms with Crippen molar-refractivity contribution in [2.45, 2.75) is 6.54 Å². The van der Waals surface area contributed by atoms with E-state index in [9.17, 15) is 8.42 Å². The van der Waals surface area contributed by atoms with Crippen molar-refractivity contribution < 1.29 is 8.42 Å². The average Bonchev–Trinajstić information content (AvgIpc) is 2.42. The highest BCUT2D eigenvalue weighted by atomic mass is 35.5. The van der Waals surface area contributed by atoms with Gasteiger partial charge >= 0.3 is 0 Å². The van der Waals surface area contributed by atoms with Gasteiger partial charge in [0.15, 0.2) is 0 Å². The lowest BCUT2D eigenvalue weighted by Gasteiger charge is -2.37. The Hall–Kier alpha value is -1.21. The van der Waals surface area contributed by atoms with Crippen molar-refractivity contribution in [3.8, 4) is 0 Å². The summed E-state index contributed by atoms with van der Waals surface area (Å²) < 4.78 is 24.1. The van der Waals surface area contributed by atoms with Crippen LogP contribution in [0.25, 0.3) is 10.9 Å². The summed E-state index contributed by atoms with van der Waals surface area (Å²) in [5.41, 5.74) is 2.01. The molecular formula is C15H18ClN3O2S. The van der Waals surface area contributed by atoms with Crippen molar-refractivity contribution in [1.82, 2.24) is 14.6 Å². The highest BCUT2D eigenvalue weighted by Crippen LogP contribution is 2.25. The van der Waals surface area contributed by atoms with Crippen molar-refractivity contribution in [2.75, 3.05) is 25.9 Å². The molecule has 22 heavy (non-hydrogen) atoms. The molecule has 0 radical (unpaired) electrons. The second-order valence-corrected chi connectivity index (χ2v) is 8.07. The number of aromatic nitrogens is 1. The molecule has 5 nitrogen and oxygen atoms in total. The van der Waals surface area contributed by atoms with Gasteiger partial charge in [-0.1, -0.05) is 17.7 Å². The molecule has 1 aromatic heterocycles. The number of nitrogens with zero attached hydrogens (tertiary/aromatic N) is 2. The van der Waals surface area contributed by atoms with Crippen LogP contribution < -0.4 is 5.32 Å². The number of fused-ring (bicyclic) bond motifs is 1. The van der Waals surface area contributed by atoms with E-state index in [-0.39, 0.29) is 0 Å². The van der Waals surface area contributed by atoms with Gasteiger partial charge in [0, 0.05) is 42.8 Å². The lowest BCUT2D eigenvalue weighted by atomic mass is 10.0. The van der Waals surface area contributed by atoms with E-state index in [1.165, 1.54) is 10.6 Å². The fourth-order valence-electron chi connectivity index (χ4n) is 2.67. The van der Waals surface area contributed by atoms with Crippen LogP contribution in [0.5, 0.6) is 0 Å². The summed E-state index contributed by atoms with van der Waals surface area (Å²) in [6, 6.07) is 7.70. The lowest BCUT2D eigenvalue weighted by Crippen LogP contribution is -2.52. The first-order chi connectivity index (χ1) is 10.4. The molecule has 3 rings (SSSR count). The van der Waals surface area contributed by atoms with E-state index in [4.69, 9.17) is 11.6 Å². The summed E-state index contributed by atoms with van der Waals surface area (Å²) in [5, 5.41) is 5.04. The molecule has 7 heteroatoms. The minimum Gasteiger partial charge on any atom is -0.312 e. The number of benzene rings is 1. The first kappa shape index (κ1) is 15.7. The van der Waals surface area contributed by atoms with E-state index in [1.807, 2.05) is 24.3 Å². The number of sulfonamides is 1.